The third kappa shape index (κ3) is 3.74. The smallest absolute Gasteiger partial charge is 0.251 e. The van der Waals surface area contributed by atoms with Crippen LogP contribution in [-0.2, 0) is 6.42 Å². The van der Waals surface area contributed by atoms with Gasteiger partial charge in [-0.05, 0) is 73.6 Å². The van der Waals surface area contributed by atoms with Crippen molar-refractivity contribution in [2.45, 2.75) is 38.1 Å². The highest BCUT2D eigenvalue weighted by molar-refractivity contribution is 5.95. The van der Waals surface area contributed by atoms with Crippen LogP contribution in [0.1, 0.15) is 42.1 Å². The second kappa shape index (κ2) is 6.75. The molecule has 0 aromatic heterocycles. The molecule has 1 amide bonds. The first-order chi connectivity index (χ1) is 12.5. The molecule has 0 spiro atoms. The lowest BCUT2D eigenvalue weighted by molar-refractivity contribution is 0.0931. The van der Waals surface area contributed by atoms with Crippen molar-refractivity contribution in [3.63, 3.8) is 0 Å². The van der Waals surface area contributed by atoms with Gasteiger partial charge in [0.25, 0.3) is 5.91 Å². The second-order valence-corrected chi connectivity index (χ2v) is 7.92. The van der Waals surface area contributed by atoms with Crippen LogP contribution in [0.3, 0.4) is 0 Å². The van der Waals surface area contributed by atoms with E-state index < -0.39 is 0 Å². The molecular formula is C22H25FN2O. The van der Waals surface area contributed by atoms with Gasteiger partial charge in [0.15, 0.2) is 0 Å². The Kier molecular flexibility index (Phi) is 4.43. The van der Waals surface area contributed by atoms with E-state index >= 15 is 0 Å². The summed E-state index contributed by atoms with van der Waals surface area (Å²) in [5.74, 6) is 0.486. The van der Waals surface area contributed by atoms with Crippen molar-refractivity contribution in [3.05, 3.63) is 65.5 Å². The van der Waals surface area contributed by atoms with Crippen molar-refractivity contribution in [3.8, 4) is 0 Å². The largest absolute Gasteiger partial charge is 0.371 e. The molecule has 4 heteroatoms. The summed E-state index contributed by atoms with van der Waals surface area (Å²) in [6.45, 7) is 4.46. The number of carbonyl (C=O) groups is 1. The fraction of sp³-hybridized carbons (Fsp3) is 0.409. The Hall–Kier alpha value is -2.36. The van der Waals surface area contributed by atoms with Crippen LogP contribution in [0.4, 0.5) is 10.1 Å². The zero-order chi connectivity index (χ0) is 18.1. The van der Waals surface area contributed by atoms with E-state index in [1.807, 2.05) is 24.3 Å². The van der Waals surface area contributed by atoms with Crippen LogP contribution in [0.25, 0.3) is 0 Å². The predicted molar refractivity (Wildman–Crippen MR) is 102 cm³/mol. The number of benzene rings is 2. The summed E-state index contributed by atoms with van der Waals surface area (Å²) in [5, 5.41) is 3.20. The summed E-state index contributed by atoms with van der Waals surface area (Å²) in [4.78, 5) is 15.0. The molecule has 0 radical (unpaired) electrons. The van der Waals surface area contributed by atoms with Crippen molar-refractivity contribution < 1.29 is 9.18 Å². The lowest BCUT2D eigenvalue weighted by Crippen LogP contribution is -2.38. The van der Waals surface area contributed by atoms with Crippen LogP contribution in [0, 0.1) is 11.7 Å². The van der Waals surface area contributed by atoms with Crippen molar-refractivity contribution in [2.75, 3.05) is 18.0 Å². The number of hydrogen-bond acceptors (Lipinski definition) is 2. The first-order valence-electron chi connectivity index (χ1n) is 9.45. The molecule has 1 aliphatic heterocycles. The minimum Gasteiger partial charge on any atom is -0.371 e. The standard InChI is InChI=1S/C22H25FN2O/c1-16-10-13-25(15-16)20-8-4-18(5-9-20)21(26)24-22(11-12-22)14-17-2-6-19(23)7-3-17/h2-9,16H,10-15H2,1H3,(H,24,26). The molecule has 1 aliphatic carbocycles. The van der Waals surface area contributed by atoms with Crippen LogP contribution < -0.4 is 10.2 Å². The molecule has 2 aromatic rings. The van der Waals surface area contributed by atoms with Crippen LogP contribution in [0.2, 0.25) is 0 Å². The number of rotatable bonds is 5. The monoisotopic (exact) mass is 352 g/mol. The third-order valence-electron chi connectivity index (χ3n) is 5.61. The number of halogens is 1. The maximum Gasteiger partial charge on any atom is 0.251 e. The van der Waals surface area contributed by atoms with Gasteiger partial charge in [0, 0.05) is 29.9 Å². The molecule has 2 fully saturated rings. The Bertz CT molecular complexity index is 781. The highest BCUT2D eigenvalue weighted by Crippen LogP contribution is 2.39. The first kappa shape index (κ1) is 17.1. The maximum absolute atomic E-state index is 13.1. The van der Waals surface area contributed by atoms with E-state index in [0.717, 1.165) is 43.8 Å². The summed E-state index contributed by atoms with van der Waals surface area (Å²) < 4.78 is 13.1. The van der Waals surface area contributed by atoms with E-state index in [1.165, 1.54) is 24.2 Å². The van der Waals surface area contributed by atoms with E-state index in [0.29, 0.717) is 5.56 Å². The summed E-state index contributed by atoms with van der Waals surface area (Å²) in [5.41, 5.74) is 2.78. The van der Waals surface area contributed by atoms with Crippen LogP contribution in [0.15, 0.2) is 48.5 Å². The molecule has 136 valence electrons. The number of anilines is 1. The molecule has 1 N–H and O–H groups in total. The molecule has 4 rings (SSSR count). The molecule has 3 nitrogen and oxygen atoms in total. The fourth-order valence-electron chi connectivity index (χ4n) is 3.80. The Morgan fingerprint density at radius 3 is 2.42 bits per heavy atom. The molecular weight excluding hydrogens is 327 g/mol. The van der Waals surface area contributed by atoms with Crippen LogP contribution in [0.5, 0.6) is 0 Å². The van der Waals surface area contributed by atoms with Crippen molar-refractivity contribution in [1.29, 1.82) is 0 Å². The lowest BCUT2D eigenvalue weighted by Gasteiger charge is -2.20. The summed E-state index contributed by atoms with van der Waals surface area (Å²) in [7, 11) is 0. The van der Waals surface area contributed by atoms with Gasteiger partial charge in [-0.15, -0.1) is 0 Å². The van der Waals surface area contributed by atoms with Crippen LogP contribution in [-0.4, -0.2) is 24.5 Å². The molecule has 1 saturated carbocycles. The minimum atomic E-state index is -0.227. The van der Waals surface area contributed by atoms with Crippen LogP contribution >= 0.6 is 0 Å². The number of carbonyl (C=O) groups excluding carboxylic acids is 1. The van der Waals surface area contributed by atoms with E-state index in [2.05, 4.69) is 17.1 Å². The molecule has 2 aromatic carbocycles. The Labute approximate surface area is 154 Å². The number of amides is 1. The number of nitrogens with one attached hydrogen (secondary N) is 1. The number of nitrogens with zero attached hydrogens (tertiary/aromatic N) is 1. The van der Waals surface area contributed by atoms with Gasteiger partial charge >= 0.3 is 0 Å². The Morgan fingerprint density at radius 1 is 1.15 bits per heavy atom. The topological polar surface area (TPSA) is 32.3 Å². The Balaban J connectivity index is 1.39. The SMILES string of the molecule is CC1CCN(c2ccc(C(=O)NC3(Cc4ccc(F)cc4)CC3)cc2)C1. The van der Waals surface area contributed by atoms with Gasteiger partial charge in [0.05, 0.1) is 0 Å². The quantitative estimate of drug-likeness (QED) is 0.876. The number of hydrogen-bond donors (Lipinski definition) is 1. The molecule has 2 aliphatic rings. The molecule has 1 unspecified atom stereocenters. The van der Waals surface area contributed by atoms with E-state index in [-0.39, 0.29) is 17.3 Å². The summed E-state index contributed by atoms with van der Waals surface area (Å²) in [6.07, 6.45) is 3.93. The lowest BCUT2D eigenvalue weighted by atomic mass is 10.0. The summed E-state index contributed by atoms with van der Waals surface area (Å²) in [6, 6.07) is 14.5. The van der Waals surface area contributed by atoms with E-state index in [1.54, 1.807) is 12.1 Å². The summed E-state index contributed by atoms with van der Waals surface area (Å²) >= 11 is 0. The highest BCUT2D eigenvalue weighted by Gasteiger charge is 2.44. The second-order valence-electron chi connectivity index (χ2n) is 7.92. The minimum absolute atomic E-state index is 0.0223. The van der Waals surface area contributed by atoms with Gasteiger partial charge < -0.3 is 10.2 Å². The average molecular weight is 352 g/mol. The average Bonchev–Trinajstić information content (AvgIpc) is 3.25. The van der Waals surface area contributed by atoms with Gasteiger partial charge in [-0.25, -0.2) is 4.39 Å². The maximum atomic E-state index is 13.1. The fourth-order valence-corrected chi connectivity index (χ4v) is 3.80. The third-order valence-corrected chi connectivity index (χ3v) is 5.61. The molecule has 0 bridgehead atoms. The normalized spacial score (nSPS) is 20.8. The van der Waals surface area contributed by atoms with Crippen molar-refractivity contribution >= 4 is 11.6 Å². The van der Waals surface area contributed by atoms with Gasteiger partial charge in [0.1, 0.15) is 5.82 Å². The molecule has 1 saturated heterocycles. The van der Waals surface area contributed by atoms with Crippen molar-refractivity contribution in [1.82, 2.24) is 5.32 Å². The zero-order valence-electron chi connectivity index (χ0n) is 15.2. The molecule has 1 heterocycles. The first-order valence-corrected chi connectivity index (χ1v) is 9.45. The van der Waals surface area contributed by atoms with Gasteiger partial charge in [0.2, 0.25) is 0 Å². The van der Waals surface area contributed by atoms with Gasteiger partial charge in [-0.3, -0.25) is 4.79 Å². The Morgan fingerprint density at radius 2 is 1.85 bits per heavy atom. The molecule has 1 atom stereocenters. The van der Waals surface area contributed by atoms with E-state index in [4.69, 9.17) is 0 Å². The van der Waals surface area contributed by atoms with Gasteiger partial charge in [-0.1, -0.05) is 19.1 Å². The highest BCUT2D eigenvalue weighted by atomic mass is 19.1. The predicted octanol–water partition coefficient (Wildman–Crippen LogP) is 4.18. The van der Waals surface area contributed by atoms with Gasteiger partial charge in [-0.2, -0.15) is 0 Å². The molecule has 26 heavy (non-hydrogen) atoms. The van der Waals surface area contributed by atoms with Crippen molar-refractivity contribution in [2.24, 2.45) is 5.92 Å². The zero-order valence-corrected chi connectivity index (χ0v) is 15.2. The van der Waals surface area contributed by atoms with E-state index in [9.17, 15) is 9.18 Å².